The van der Waals surface area contributed by atoms with E-state index in [4.69, 9.17) is 5.73 Å². The molecule has 0 atom stereocenters. The summed E-state index contributed by atoms with van der Waals surface area (Å²) < 4.78 is 10.7. The zero-order valence-corrected chi connectivity index (χ0v) is 12.0. The van der Waals surface area contributed by atoms with Crippen molar-refractivity contribution in [3.05, 3.63) is 24.3 Å². The highest BCUT2D eigenvalue weighted by atomic mass is 32.1. The predicted molar refractivity (Wildman–Crippen MR) is 77.8 cm³/mol. The fourth-order valence-electron chi connectivity index (χ4n) is 1.76. The third kappa shape index (κ3) is 3.47. The first kappa shape index (κ1) is 14.3. The Morgan fingerprint density at radius 1 is 1.55 bits per heavy atom. The van der Waals surface area contributed by atoms with Crippen LogP contribution >= 0.6 is 11.5 Å². The van der Waals surface area contributed by atoms with Crippen molar-refractivity contribution < 1.29 is 9.53 Å². The third-order valence-corrected chi connectivity index (χ3v) is 3.61. The van der Waals surface area contributed by atoms with Gasteiger partial charge in [0.2, 0.25) is 0 Å². The van der Waals surface area contributed by atoms with Crippen LogP contribution in [0.25, 0.3) is 0 Å². The number of unbranched alkanes of at least 4 members (excludes halogenated alkanes) is 1. The molecule has 108 valence electrons. The summed E-state index contributed by atoms with van der Waals surface area (Å²) in [4.78, 5) is 15.6. The minimum absolute atomic E-state index is 0.211. The molecule has 8 heteroatoms. The van der Waals surface area contributed by atoms with Gasteiger partial charge in [-0.25, -0.2) is 9.78 Å². The van der Waals surface area contributed by atoms with E-state index in [2.05, 4.69) is 19.4 Å². The number of imidazole rings is 1. The molecule has 0 spiro atoms. The number of aryl methyl sites for hydroxylation is 1. The van der Waals surface area contributed by atoms with Crippen LogP contribution in [0.5, 0.6) is 0 Å². The number of carbonyl (C=O) groups is 1. The molecule has 0 amide bonds. The highest BCUT2D eigenvalue weighted by Crippen LogP contribution is 2.27. The number of anilines is 2. The van der Waals surface area contributed by atoms with E-state index in [1.807, 2.05) is 10.8 Å². The number of nitrogens with two attached hydrogens (primary N) is 1. The normalized spacial score (nSPS) is 10.4. The maximum absolute atomic E-state index is 11.6. The number of aromatic nitrogens is 3. The zero-order chi connectivity index (χ0) is 14.4. The lowest BCUT2D eigenvalue weighted by Crippen LogP contribution is -2.09. The van der Waals surface area contributed by atoms with Crippen molar-refractivity contribution in [2.45, 2.75) is 19.4 Å². The Balaban J connectivity index is 1.78. The van der Waals surface area contributed by atoms with Crippen molar-refractivity contribution in [3.63, 3.8) is 0 Å². The molecular formula is C12H17N5O2S. The van der Waals surface area contributed by atoms with Gasteiger partial charge in [0.25, 0.3) is 0 Å². The minimum Gasteiger partial charge on any atom is -0.465 e. The van der Waals surface area contributed by atoms with Gasteiger partial charge in [0.15, 0.2) is 5.82 Å². The molecule has 0 aromatic carbocycles. The summed E-state index contributed by atoms with van der Waals surface area (Å²) in [6, 6.07) is 0. The molecule has 0 saturated heterocycles. The molecule has 0 aliphatic carbocycles. The maximum Gasteiger partial charge on any atom is 0.344 e. The second kappa shape index (κ2) is 6.90. The Labute approximate surface area is 120 Å². The number of ether oxygens (including phenoxy) is 1. The fourth-order valence-corrected chi connectivity index (χ4v) is 2.49. The predicted octanol–water partition coefficient (Wildman–Crippen LogP) is 1.60. The molecule has 20 heavy (non-hydrogen) atoms. The molecule has 2 rings (SSSR count). The van der Waals surface area contributed by atoms with Crippen molar-refractivity contribution >= 4 is 28.3 Å². The van der Waals surface area contributed by atoms with E-state index in [0.29, 0.717) is 10.6 Å². The number of nitrogens with zero attached hydrogens (tertiary/aromatic N) is 3. The van der Waals surface area contributed by atoms with Crippen molar-refractivity contribution in [3.8, 4) is 0 Å². The first-order valence-corrected chi connectivity index (χ1v) is 7.02. The molecular weight excluding hydrogens is 278 g/mol. The van der Waals surface area contributed by atoms with Crippen molar-refractivity contribution in [1.82, 2.24) is 13.9 Å². The lowest BCUT2D eigenvalue weighted by atomic mass is 10.3. The van der Waals surface area contributed by atoms with Gasteiger partial charge >= 0.3 is 5.97 Å². The Kier molecular flexibility index (Phi) is 4.94. The van der Waals surface area contributed by atoms with Crippen LogP contribution in [-0.2, 0) is 11.3 Å². The number of hydrogen-bond donors (Lipinski definition) is 2. The first-order chi connectivity index (χ1) is 9.72. The second-order valence-corrected chi connectivity index (χ2v) is 4.97. The summed E-state index contributed by atoms with van der Waals surface area (Å²) in [5.74, 6) is -0.250. The van der Waals surface area contributed by atoms with Gasteiger partial charge in [-0.15, -0.1) is 0 Å². The molecule has 7 nitrogen and oxygen atoms in total. The monoisotopic (exact) mass is 295 g/mol. The van der Waals surface area contributed by atoms with Gasteiger partial charge < -0.3 is 20.4 Å². The summed E-state index contributed by atoms with van der Waals surface area (Å²) in [6.07, 6.45) is 7.49. The number of nitrogens with one attached hydrogen (secondary N) is 1. The van der Waals surface area contributed by atoms with E-state index in [1.54, 1.807) is 12.5 Å². The van der Waals surface area contributed by atoms with Crippen molar-refractivity contribution in [2.24, 2.45) is 0 Å². The summed E-state index contributed by atoms with van der Waals surface area (Å²) in [7, 11) is 1.33. The molecule has 0 unspecified atom stereocenters. The number of carbonyl (C=O) groups excluding carboxylic acids is 1. The fraction of sp³-hybridized carbons (Fsp3) is 0.417. The quantitative estimate of drug-likeness (QED) is 0.595. The van der Waals surface area contributed by atoms with E-state index in [9.17, 15) is 4.79 Å². The lowest BCUT2D eigenvalue weighted by molar-refractivity contribution is 0.0603. The largest absolute Gasteiger partial charge is 0.465 e. The number of esters is 1. The SMILES string of the molecule is COC(=O)c1c(N)nsc1NCCCCn1ccnc1. The van der Waals surface area contributed by atoms with Crippen LogP contribution in [0.1, 0.15) is 23.2 Å². The van der Waals surface area contributed by atoms with E-state index in [1.165, 1.54) is 18.6 Å². The summed E-state index contributed by atoms with van der Waals surface area (Å²) in [6.45, 7) is 1.68. The number of hydrogen-bond acceptors (Lipinski definition) is 7. The molecule has 0 radical (unpaired) electrons. The molecule has 0 fully saturated rings. The van der Waals surface area contributed by atoms with Crippen LogP contribution in [0.4, 0.5) is 10.8 Å². The highest BCUT2D eigenvalue weighted by molar-refractivity contribution is 7.11. The van der Waals surface area contributed by atoms with Crippen molar-refractivity contribution in [1.29, 1.82) is 0 Å². The molecule has 2 heterocycles. The van der Waals surface area contributed by atoms with Crippen LogP contribution < -0.4 is 11.1 Å². The molecule has 0 aliphatic heterocycles. The zero-order valence-electron chi connectivity index (χ0n) is 11.2. The van der Waals surface area contributed by atoms with Crippen LogP contribution in [0.3, 0.4) is 0 Å². The Morgan fingerprint density at radius 2 is 2.40 bits per heavy atom. The van der Waals surface area contributed by atoms with Gasteiger partial charge in [-0.05, 0) is 24.4 Å². The summed E-state index contributed by atoms with van der Waals surface area (Å²) in [5, 5.41) is 3.84. The molecule has 2 aromatic heterocycles. The third-order valence-electron chi connectivity index (χ3n) is 2.80. The molecule has 3 N–H and O–H groups in total. The average Bonchev–Trinajstić information content (AvgIpc) is 3.08. The number of rotatable bonds is 7. The van der Waals surface area contributed by atoms with Crippen LogP contribution in [0, 0.1) is 0 Å². The topological polar surface area (TPSA) is 95.1 Å². The molecule has 0 aliphatic rings. The van der Waals surface area contributed by atoms with Gasteiger partial charge in [0.05, 0.1) is 13.4 Å². The van der Waals surface area contributed by atoms with E-state index in [0.717, 1.165) is 25.9 Å². The van der Waals surface area contributed by atoms with E-state index >= 15 is 0 Å². The van der Waals surface area contributed by atoms with Crippen LogP contribution in [-0.4, -0.2) is 33.5 Å². The Hall–Kier alpha value is -2.09. The molecule has 0 saturated carbocycles. The summed E-state index contributed by atoms with van der Waals surface area (Å²) in [5.41, 5.74) is 5.99. The lowest BCUT2D eigenvalue weighted by Gasteiger charge is -2.06. The molecule has 0 bridgehead atoms. The maximum atomic E-state index is 11.6. The van der Waals surface area contributed by atoms with Gasteiger partial charge in [-0.3, -0.25) is 0 Å². The van der Waals surface area contributed by atoms with Crippen LogP contribution in [0.15, 0.2) is 18.7 Å². The Bertz CT molecular complexity index is 552. The van der Waals surface area contributed by atoms with Gasteiger partial charge in [0.1, 0.15) is 10.6 Å². The molecule has 2 aromatic rings. The van der Waals surface area contributed by atoms with Gasteiger partial charge in [0, 0.05) is 25.5 Å². The van der Waals surface area contributed by atoms with Crippen molar-refractivity contribution in [2.75, 3.05) is 24.7 Å². The average molecular weight is 295 g/mol. The van der Waals surface area contributed by atoms with Gasteiger partial charge in [-0.1, -0.05) is 0 Å². The van der Waals surface area contributed by atoms with E-state index < -0.39 is 5.97 Å². The second-order valence-electron chi connectivity index (χ2n) is 4.20. The minimum atomic E-state index is -0.461. The first-order valence-electron chi connectivity index (χ1n) is 6.25. The number of methoxy groups -OCH3 is 1. The standard InChI is InChI=1S/C12H17N5O2S/c1-19-12(18)9-10(13)16-20-11(9)15-4-2-3-6-17-7-5-14-8-17/h5,7-8,15H,2-4,6H2,1H3,(H2,13,16). The highest BCUT2D eigenvalue weighted by Gasteiger charge is 2.19. The Morgan fingerprint density at radius 3 is 3.10 bits per heavy atom. The van der Waals surface area contributed by atoms with Gasteiger partial charge in [-0.2, -0.15) is 4.37 Å². The van der Waals surface area contributed by atoms with Crippen LogP contribution in [0.2, 0.25) is 0 Å². The van der Waals surface area contributed by atoms with E-state index in [-0.39, 0.29) is 5.82 Å². The summed E-state index contributed by atoms with van der Waals surface area (Å²) >= 11 is 1.17. The smallest absolute Gasteiger partial charge is 0.344 e. The number of nitrogen functional groups attached to an aromatic ring is 1.